The van der Waals surface area contributed by atoms with Gasteiger partial charge in [-0.25, -0.2) is 0 Å². The Morgan fingerprint density at radius 1 is 1.23 bits per heavy atom. The number of carboxylic acids is 1. The number of aromatic nitrogens is 2. The fraction of sp³-hybridized carbons (Fsp3) is 0.333. The summed E-state index contributed by atoms with van der Waals surface area (Å²) in [7, 11) is 0. The number of nitrogens with one attached hydrogen (secondary N) is 1. The van der Waals surface area contributed by atoms with E-state index in [2.05, 4.69) is 10.4 Å². The molecule has 0 atom stereocenters. The van der Waals surface area contributed by atoms with E-state index < -0.39 is 5.97 Å². The Kier molecular flexibility index (Phi) is 5.01. The molecule has 3 rings (SSSR count). The van der Waals surface area contributed by atoms with Gasteiger partial charge in [0.25, 0.3) is 5.91 Å². The SMILES string of the molecule is CC(=O)Nc1cccc(C(=O)N2CCn3nc(CCC(=O)O)cc3C2)c1. The summed E-state index contributed by atoms with van der Waals surface area (Å²) in [6.07, 6.45) is 0.414. The minimum atomic E-state index is -0.855. The van der Waals surface area contributed by atoms with Crippen LogP contribution in [0.4, 0.5) is 5.69 Å². The quantitative estimate of drug-likeness (QED) is 0.845. The third kappa shape index (κ3) is 4.08. The Bertz CT molecular complexity index is 859. The van der Waals surface area contributed by atoms with Crippen molar-refractivity contribution in [2.75, 3.05) is 11.9 Å². The topological polar surface area (TPSA) is 105 Å². The lowest BCUT2D eigenvalue weighted by Crippen LogP contribution is -2.38. The van der Waals surface area contributed by atoms with E-state index in [9.17, 15) is 14.4 Å². The average molecular weight is 356 g/mol. The maximum absolute atomic E-state index is 12.8. The van der Waals surface area contributed by atoms with Crippen LogP contribution in [0.1, 0.15) is 35.1 Å². The van der Waals surface area contributed by atoms with Gasteiger partial charge in [0.05, 0.1) is 30.9 Å². The molecule has 2 N–H and O–H groups in total. The van der Waals surface area contributed by atoms with Crippen LogP contribution in [0.2, 0.25) is 0 Å². The van der Waals surface area contributed by atoms with Crippen molar-refractivity contribution in [2.24, 2.45) is 0 Å². The number of nitrogens with zero attached hydrogens (tertiary/aromatic N) is 3. The molecule has 0 radical (unpaired) electrons. The van der Waals surface area contributed by atoms with Gasteiger partial charge in [-0.05, 0) is 24.3 Å². The molecule has 0 bridgehead atoms. The molecule has 2 amide bonds. The Morgan fingerprint density at radius 3 is 2.77 bits per heavy atom. The van der Waals surface area contributed by atoms with Crippen LogP contribution in [-0.4, -0.2) is 44.1 Å². The monoisotopic (exact) mass is 356 g/mol. The normalized spacial score (nSPS) is 13.2. The molecule has 1 aliphatic rings. The fourth-order valence-corrected chi connectivity index (χ4v) is 2.97. The lowest BCUT2D eigenvalue weighted by atomic mass is 10.1. The standard InChI is InChI=1S/C18H20N4O4/c1-12(23)19-14-4-2-3-13(9-14)18(26)21-7-8-22-16(11-21)10-15(20-22)5-6-17(24)25/h2-4,9-10H,5-8,11H2,1H3,(H,19,23)(H,24,25). The Morgan fingerprint density at radius 2 is 2.04 bits per heavy atom. The van der Waals surface area contributed by atoms with Crippen LogP contribution in [0.15, 0.2) is 30.3 Å². The molecular formula is C18H20N4O4. The number of fused-ring (bicyclic) bond motifs is 1. The van der Waals surface area contributed by atoms with Gasteiger partial charge in [-0.1, -0.05) is 6.07 Å². The number of rotatable bonds is 5. The third-order valence-electron chi connectivity index (χ3n) is 4.16. The first-order valence-corrected chi connectivity index (χ1v) is 8.36. The first-order valence-electron chi connectivity index (χ1n) is 8.36. The number of aliphatic carboxylic acids is 1. The summed E-state index contributed by atoms with van der Waals surface area (Å²) in [6, 6.07) is 8.71. The molecule has 2 aromatic rings. The summed E-state index contributed by atoms with van der Waals surface area (Å²) >= 11 is 0. The van der Waals surface area contributed by atoms with Gasteiger partial charge in [0.2, 0.25) is 5.91 Å². The molecule has 8 nitrogen and oxygen atoms in total. The largest absolute Gasteiger partial charge is 0.481 e. The number of benzene rings is 1. The zero-order chi connectivity index (χ0) is 18.7. The van der Waals surface area contributed by atoms with Crippen molar-refractivity contribution >= 4 is 23.5 Å². The first-order chi connectivity index (χ1) is 12.4. The number of carbonyl (C=O) groups is 3. The van der Waals surface area contributed by atoms with Crippen molar-refractivity contribution in [2.45, 2.75) is 32.9 Å². The van der Waals surface area contributed by atoms with Crippen molar-refractivity contribution < 1.29 is 19.5 Å². The lowest BCUT2D eigenvalue weighted by Gasteiger charge is -2.27. The molecule has 0 fully saturated rings. The zero-order valence-electron chi connectivity index (χ0n) is 14.4. The molecule has 136 valence electrons. The second-order valence-electron chi connectivity index (χ2n) is 6.23. The van der Waals surface area contributed by atoms with Crippen LogP contribution in [0.3, 0.4) is 0 Å². The number of aryl methyl sites for hydroxylation is 1. The van der Waals surface area contributed by atoms with E-state index in [1.807, 2.05) is 10.7 Å². The number of hydrogen-bond acceptors (Lipinski definition) is 4. The highest BCUT2D eigenvalue weighted by molar-refractivity contribution is 5.96. The molecule has 2 heterocycles. The van der Waals surface area contributed by atoms with Crippen LogP contribution in [-0.2, 0) is 29.1 Å². The Labute approximate surface area is 150 Å². The fourth-order valence-electron chi connectivity index (χ4n) is 2.97. The van der Waals surface area contributed by atoms with Crippen LogP contribution < -0.4 is 5.32 Å². The minimum absolute atomic E-state index is 0.0367. The highest BCUT2D eigenvalue weighted by atomic mass is 16.4. The molecule has 1 aromatic heterocycles. The van der Waals surface area contributed by atoms with E-state index in [0.29, 0.717) is 37.3 Å². The van der Waals surface area contributed by atoms with E-state index in [-0.39, 0.29) is 18.2 Å². The lowest BCUT2D eigenvalue weighted by molar-refractivity contribution is -0.137. The maximum Gasteiger partial charge on any atom is 0.303 e. The summed E-state index contributed by atoms with van der Waals surface area (Å²) < 4.78 is 1.83. The van der Waals surface area contributed by atoms with E-state index >= 15 is 0 Å². The molecule has 1 aromatic carbocycles. The van der Waals surface area contributed by atoms with Crippen LogP contribution in [0, 0.1) is 0 Å². The highest BCUT2D eigenvalue weighted by Gasteiger charge is 2.23. The summed E-state index contributed by atoms with van der Waals surface area (Å²) in [5, 5.41) is 15.9. The summed E-state index contributed by atoms with van der Waals surface area (Å²) in [4.78, 5) is 36.4. The number of amides is 2. The first kappa shape index (κ1) is 17.7. The van der Waals surface area contributed by atoms with Gasteiger partial charge in [0.15, 0.2) is 0 Å². The molecule has 0 unspecified atom stereocenters. The van der Waals surface area contributed by atoms with E-state index in [4.69, 9.17) is 5.11 Å². The van der Waals surface area contributed by atoms with Crippen LogP contribution in [0.25, 0.3) is 0 Å². The van der Waals surface area contributed by atoms with Crippen LogP contribution >= 0.6 is 0 Å². The minimum Gasteiger partial charge on any atom is -0.481 e. The molecule has 1 aliphatic heterocycles. The average Bonchev–Trinajstić information content (AvgIpc) is 3.01. The van der Waals surface area contributed by atoms with Gasteiger partial charge in [-0.3, -0.25) is 19.1 Å². The summed E-state index contributed by atoms with van der Waals surface area (Å²) in [5.74, 6) is -1.16. The van der Waals surface area contributed by atoms with Crippen LogP contribution in [0.5, 0.6) is 0 Å². The van der Waals surface area contributed by atoms with Gasteiger partial charge in [-0.2, -0.15) is 5.10 Å². The van der Waals surface area contributed by atoms with Crippen molar-refractivity contribution in [3.8, 4) is 0 Å². The number of carboxylic acid groups (broad SMARTS) is 1. The molecule has 0 spiro atoms. The van der Waals surface area contributed by atoms with E-state index in [0.717, 1.165) is 11.4 Å². The predicted octanol–water partition coefficient (Wildman–Crippen LogP) is 1.51. The Hall–Kier alpha value is -3.16. The van der Waals surface area contributed by atoms with E-state index in [1.165, 1.54) is 6.92 Å². The van der Waals surface area contributed by atoms with Crippen molar-refractivity contribution in [3.05, 3.63) is 47.3 Å². The molecule has 26 heavy (non-hydrogen) atoms. The van der Waals surface area contributed by atoms with Gasteiger partial charge in [-0.15, -0.1) is 0 Å². The maximum atomic E-state index is 12.8. The van der Waals surface area contributed by atoms with Gasteiger partial charge in [0, 0.05) is 31.1 Å². The second-order valence-corrected chi connectivity index (χ2v) is 6.23. The van der Waals surface area contributed by atoms with Crippen molar-refractivity contribution in [1.82, 2.24) is 14.7 Å². The molecule has 0 saturated carbocycles. The van der Waals surface area contributed by atoms with Gasteiger partial charge < -0.3 is 15.3 Å². The summed E-state index contributed by atoms with van der Waals surface area (Å²) in [6.45, 7) is 2.93. The van der Waals surface area contributed by atoms with Gasteiger partial charge >= 0.3 is 5.97 Å². The second kappa shape index (κ2) is 7.38. The number of anilines is 1. The van der Waals surface area contributed by atoms with E-state index in [1.54, 1.807) is 29.2 Å². The Balaban J connectivity index is 1.71. The molecule has 0 saturated heterocycles. The summed E-state index contributed by atoms with van der Waals surface area (Å²) in [5.41, 5.74) is 2.71. The smallest absolute Gasteiger partial charge is 0.303 e. The number of hydrogen-bond donors (Lipinski definition) is 2. The highest BCUT2D eigenvalue weighted by Crippen LogP contribution is 2.19. The van der Waals surface area contributed by atoms with Gasteiger partial charge in [0.1, 0.15) is 0 Å². The molecule has 8 heteroatoms. The molecule has 0 aliphatic carbocycles. The number of carbonyl (C=O) groups excluding carboxylic acids is 2. The zero-order valence-corrected chi connectivity index (χ0v) is 14.4. The van der Waals surface area contributed by atoms with Crippen molar-refractivity contribution in [1.29, 1.82) is 0 Å². The van der Waals surface area contributed by atoms with Crippen molar-refractivity contribution in [3.63, 3.8) is 0 Å². The molecular weight excluding hydrogens is 336 g/mol. The predicted molar refractivity (Wildman–Crippen MR) is 93.7 cm³/mol. The third-order valence-corrected chi connectivity index (χ3v) is 4.16.